The second-order valence-corrected chi connectivity index (χ2v) is 21.4. The number of carbonyl (C=O) groups excluding carboxylic acids is 3. The summed E-state index contributed by atoms with van der Waals surface area (Å²) in [5.41, 5.74) is -1.18. The number of halogens is 1. The van der Waals surface area contributed by atoms with Crippen LogP contribution >= 0.6 is 22.6 Å². The van der Waals surface area contributed by atoms with Gasteiger partial charge in [0.2, 0.25) is 5.79 Å². The number of benzene rings is 1. The summed E-state index contributed by atoms with van der Waals surface area (Å²) < 4.78 is 40.4. The number of ether oxygens (including phenoxy) is 6. The van der Waals surface area contributed by atoms with E-state index >= 15 is 0 Å². The van der Waals surface area contributed by atoms with E-state index in [9.17, 15) is 29.7 Å². The van der Waals surface area contributed by atoms with Crippen LogP contribution in [0.5, 0.6) is 0 Å². The van der Waals surface area contributed by atoms with Crippen LogP contribution < -0.4 is 0 Å². The Labute approximate surface area is 389 Å². The van der Waals surface area contributed by atoms with Crippen molar-refractivity contribution in [3.05, 3.63) is 45.6 Å². The topological polar surface area (TPSA) is 167 Å². The second kappa shape index (κ2) is 20.2. The van der Waals surface area contributed by atoms with Gasteiger partial charge in [0.1, 0.15) is 11.9 Å². The first-order chi connectivity index (χ1) is 29.7. The Balaban J connectivity index is 1.11. The molecule has 2 spiro atoms. The van der Waals surface area contributed by atoms with E-state index in [4.69, 9.17) is 28.4 Å². The summed E-state index contributed by atoms with van der Waals surface area (Å²) in [5, 5.41) is 34.6. The molecule has 12 nitrogen and oxygen atoms in total. The Bertz CT molecular complexity index is 1790. The number of Topliss-reactive ketones (excluding diaryl/α,β-unsaturated/α-hetero) is 2. The molecule has 354 valence electrons. The Morgan fingerprint density at radius 3 is 2.21 bits per heavy atom. The van der Waals surface area contributed by atoms with Gasteiger partial charge in [0.15, 0.2) is 18.2 Å². The Kier molecular flexibility index (Phi) is 16.2. The highest BCUT2D eigenvalue weighted by atomic mass is 127. The summed E-state index contributed by atoms with van der Waals surface area (Å²) in [7, 11) is 0. The van der Waals surface area contributed by atoms with Gasteiger partial charge >= 0.3 is 5.97 Å². The van der Waals surface area contributed by atoms with Gasteiger partial charge < -0.3 is 43.7 Å². The van der Waals surface area contributed by atoms with E-state index in [2.05, 4.69) is 43.4 Å². The molecule has 1 aromatic carbocycles. The lowest BCUT2D eigenvalue weighted by Crippen LogP contribution is -2.63. The molecule has 4 saturated heterocycles. The average molecular weight is 995 g/mol. The first-order valence-electron chi connectivity index (χ1n) is 23.8. The molecule has 0 amide bonds. The van der Waals surface area contributed by atoms with Crippen LogP contribution in [0.4, 0.5) is 0 Å². The Morgan fingerprint density at radius 1 is 0.889 bits per heavy atom. The van der Waals surface area contributed by atoms with Crippen molar-refractivity contribution in [1.29, 1.82) is 0 Å². The van der Waals surface area contributed by atoms with Crippen LogP contribution in [-0.2, 0) is 38.0 Å². The van der Waals surface area contributed by atoms with Gasteiger partial charge in [-0.2, -0.15) is 0 Å². The van der Waals surface area contributed by atoms with Crippen LogP contribution in [0.15, 0.2) is 36.4 Å². The maximum atomic E-state index is 14.7. The molecule has 0 bridgehead atoms. The van der Waals surface area contributed by atoms with Gasteiger partial charge in [-0.25, -0.2) is 0 Å². The molecule has 5 heterocycles. The van der Waals surface area contributed by atoms with Gasteiger partial charge in [0.05, 0.1) is 53.7 Å². The quantitative estimate of drug-likeness (QED) is 0.0670. The number of esters is 1. The standard InChI is InChI=1S/C50H75IO12/c1-11-36(46(56)58-27-38(52)34-15-17-35(51)18-16-34)39-19-14-28(4)44(60-39)32(8)42(54)31(7)43(55)37(12-2)45-29(5)26-30(6)49(61-45)23-20-40(53)50(63-49)25-24-47(10,62-50)41-21-22-48(57,13-3)33(9)59-41/h15-18,20,23,28-33,36-37,39-42,44-45,53-54,57H,11-14,19,21-22,24-27H2,1-10H3/t28-,29-,30+,31-,32-,33-,36+,37-,39+,40+,41+,42+,44+,45-,47-,48+,49-,50-/m0/s1. The number of hydrogen-bond donors (Lipinski definition) is 3. The van der Waals surface area contributed by atoms with E-state index in [0.29, 0.717) is 63.4 Å². The lowest BCUT2D eigenvalue weighted by molar-refractivity contribution is -0.409. The second-order valence-electron chi connectivity index (χ2n) is 20.1. The van der Waals surface area contributed by atoms with Crippen LogP contribution in [0.1, 0.15) is 144 Å². The van der Waals surface area contributed by atoms with Crippen LogP contribution in [0.3, 0.4) is 0 Å². The minimum absolute atomic E-state index is 0.00894. The fourth-order valence-corrected chi connectivity index (χ4v) is 11.8. The van der Waals surface area contributed by atoms with Crippen molar-refractivity contribution in [2.75, 3.05) is 6.61 Å². The zero-order valence-corrected chi connectivity index (χ0v) is 41.4. The minimum atomic E-state index is -1.39. The van der Waals surface area contributed by atoms with Crippen LogP contribution in [0.2, 0.25) is 0 Å². The third kappa shape index (κ3) is 10.2. The highest BCUT2D eigenvalue weighted by Crippen LogP contribution is 2.54. The Hall–Kier alpha value is -1.82. The molecular weight excluding hydrogens is 919 g/mol. The van der Waals surface area contributed by atoms with Crippen LogP contribution in [-0.4, -0.2) is 105 Å². The van der Waals surface area contributed by atoms with Gasteiger partial charge in [0.25, 0.3) is 0 Å². The number of aliphatic hydroxyl groups excluding tert-OH is 2. The van der Waals surface area contributed by atoms with E-state index in [-0.39, 0.29) is 48.1 Å². The molecule has 18 atom stereocenters. The molecule has 0 saturated carbocycles. The molecule has 63 heavy (non-hydrogen) atoms. The summed E-state index contributed by atoms with van der Waals surface area (Å²) in [6, 6.07) is 7.12. The lowest BCUT2D eigenvalue weighted by atomic mass is 9.72. The zero-order valence-electron chi connectivity index (χ0n) is 39.2. The molecule has 6 rings (SSSR count). The van der Waals surface area contributed by atoms with Crippen molar-refractivity contribution >= 4 is 40.1 Å². The molecule has 4 fully saturated rings. The molecule has 0 aromatic heterocycles. The molecule has 0 unspecified atom stereocenters. The number of aliphatic hydroxyl groups is 3. The van der Waals surface area contributed by atoms with Crippen molar-refractivity contribution in [1.82, 2.24) is 0 Å². The third-order valence-corrected chi connectivity index (χ3v) is 16.7. The molecule has 5 aliphatic rings. The van der Waals surface area contributed by atoms with Crippen LogP contribution in [0.25, 0.3) is 0 Å². The average Bonchev–Trinajstić information content (AvgIpc) is 3.61. The molecule has 0 radical (unpaired) electrons. The summed E-state index contributed by atoms with van der Waals surface area (Å²) in [6.45, 7) is 19.3. The number of rotatable bonds is 15. The SMILES string of the molecule is CC[C@@H](C(=O)[C@@H](C)[C@@H](O)[C@H](C)[C@@H]1O[C@@H]([C@@H](CC)C(=O)OCC(=O)c2ccc(I)cc2)CC[C@@H]1C)[C@H]1O[C@]2(C=C[C@@H](O)[C@]3(CC[C@@](C)([C@H]4CC[C@](O)(CC)[C@H](C)O4)O3)O2)[C@H](C)C[C@@H]1C. The largest absolute Gasteiger partial charge is 0.457 e. The monoisotopic (exact) mass is 994 g/mol. The maximum absolute atomic E-state index is 14.7. The molecule has 5 aliphatic heterocycles. The lowest BCUT2D eigenvalue weighted by Gasteiger charge is -2.54. The fraction of sp³-hybridized carbons (Fsp3) is 0.780. The van der Waals surface area contributed by atoms with Crippen molar-refractivity contribution in [2.24, 2.45) is 41.4 Å². The van der Waals surface area contributed by atoms with Crippen LogP contribution in [0, 0.1) is 45.0 Å². The van der Waals surface area contributed by atoms with E-state index in [0.717, 1.165) is 9.99 Å². The number of ketones is 2. The Morgan fingerprint density at radius 2 is 1.57 bits per heavy atom. The van der Waals surface area contributed by atoms with E-state index < -0.39 is 82.9 Å². The van der Waals surface area contributed by atoms with Gasteiger partial charge in [-0.3, -0.25) is 14.4 Å². The maximum Gasteiger partial charge on any atom is 0.312 e. The summed E-state index contributed by atoms with van der Waals surface area (Å²) >= 11 is 2.17. The molecule has 0 aliphatic carbocycles. The number of carbonyl (C=O) groups is 3. The zero-order chi connectivity index (χ0) is 46.2. The van der Waals surface area contributed by atoms with Crippen molar-refractivity contribution in [3.8, 4) is 0 Å². The van der Waals surface area contributed by atoms with E-state index in [1.807, 2.05) is 53.7 Å². The van der Waals surface area contributed by atoms with Gasteiger partial charge in [-0.15, -0.1) is 0 Å². The molecule has 13 heteroatoms. The summed E-state index contributed by atoms with van der Waals surface area (Å²) in [6.07, 6.45) is 5.20. The first-order valence-corrected chi connectivity index (χ1v) is 24.9. The minimum Gasteiger partial charge on any atom is -0.457 e. The number of hydrogen-bond acceptors (Lipinski definition) is 12. The van der Waals surface area contributed by atoms with Gasteiger partial charge in [-0.05, 0) is 130 Å². The van der Waals surface area contributed by atoms with Crippen molar-refractivity contribution in [3.63, 3.8) is 0 Å². The molecule has 3 N–H and O–H groups in total. The van der Waals surface area contributed by atoms with Gasteiger partial charge in [-0.1, -0.05) is 67.5 Å². The predicted molar refractivity (Wildman–Crippen MR) is 245 cm³/mol. The van der Waals surface area contributed by atoms with Crippen molar-refractivity contribution in [2.45, 2.75) is 199 Å². The summed E-state index contributed by atoms with van der Waals surface area (Å²) in [4.78, 5) is 40.8. The highest BCUT2D eigenvalue weighted by molar-refractivity contribution is 14.1. The summed E-state index contributed by atoms with van der Waals surface area (Å²) in [5.74, 6) is -5.88. The smallest absolute Gasteiger partial charge is 0.312 e. The third-order valence-electron chi connectivity index (χ3n) is 15.9. The first kappa shape index (κ1) is 50.6. The highest BCUT2D eigenvalue weighted by Gasteiger charge is 2.63. The van der Waals surface area contributed by atoms with Crippen molar-refractivity contribution < 1.29 is 58.1 Å². The predicted octanol–water partition coefficient (Wildman–Crippen LogP) is 8.13. The molecule has 1 aromatic rings. The normalized spacial score (nSPS) is 40.6. The van der Waals surface area contributed by atoms with Gasteiger partial charge in [0, 0.05) is 39.2 Å². The fourth-order valence-electron chi connectivity index (χ4n) is 11.4. The molecular formula is C50H75IO12. The van der Waals surface area contributed by atoms with E-state index in [1.165, 1.54) is 0 Å². The van der Waals surface area contributed by atoms with E-state index in [1.54, 1.807) is 31.2 Å².